The average Bonchev–Trinajstić information content (AvgIpc) is 2.30. The van der Waals surface area contributed by atoms with Crippen LogP contribution < -0.4 is 5.32 Å². The minimum absolute atomic E-state index is 0.795. The molecule has 18 heavy (non-hydrogen) atoms. The zero-order chi connectivity index (χ0) is 13.0. The molecule has 0 aromatic carbocycles. The summed E-state index contributed by atoms with van der Waals surface area (Å²) in [5.74, 6) is 2.53. The molecule has 3 heteroatoms. The van der Waals surface area contributed by atoms with Crippen molar-refractivity contribution in [3.8, 4) is 0 Å². The quantitative estimate of drug-likeness (QED) is 0.805. The second-order valence-corrected chi connectivity index (χ2v) is 6.83. The predicted octanol–water partition coefficient (Wildman–Crippen LogP) is 1.51. The van der Waals surface area contributed by atoms with Gasteiger partial charge in [-0.2, -0.15) is 0 Å². The Balaban J connectivity index is 1.81. The summed E-state index contributed by atoms with van der Waals surface area (Å²) in [6.45, 7) is 13.6. The zero-order valence-corrected chi connectivity index (χ0v) is 12.5. The molecule has 0 bridgehead atoms. The van der Waals surface area contributed by atoms with Gasteiger partial charge in [-0.3, -0.25) is 0 Å². The Morgan fingerprint density at radius 1 is 1.00 bits per heavy atom. The maximum absolute atomic E-state index is 3.58. The molecule has 2 rings (SSSR count). The molecule has 0 aromatic heterocycles. The molecule has 0 aromatic rings. The van der Waals surface area contributed by atoms with Crippen LogP contribution >= 0.6 is 0 Å². The number of piperidine rings is 1. The first-order valence-electron chi connectivity index (χ1n) is 7.75. The molecule has 2 aliphatic rings. The highest BCUT2D eigenvalue weighted by atomic mass is 15.2. The van der Waals surface area contributed by atoms with Crippen molar-refractivity contribution in [1.82, 2.24) is 15.1 Å². The third kappa shape index (κ3) is 4.52. The largest absolute Gasteiger partial charge is 0.316 e. The van der Waals surface area contributed by atoms with Crippen molar-refractivity contribution in [2.45, 2.75) is 26.7 Å². The minimum atomic E-state index is 0.795. The van der Waals surface area contributed by atoms with Crippen LogP contribution in [-0.4, -0.2) is 62.7 Å². The lowest BCUT2D eigenvalue weighted by atomic mass is 9.95. The van der Waals surface area contributed by atoms with E-state index in [2.05, 4.69) is 36.0 Å². The second kappa shape index (κ2) is 6.88. The highest BCUT2D eigenvalue weighted by Gasteiger charge is 2.22. The summed E-state index contributed by atoms with van der Waals surface area (Å²) in [7, 11) is 2.25. The number of nitrogens with zero attached hydrogens (tertiary/aromatic N) is 2. The highest BCUT2D eigenvalue weighted by molar-refractivity contribution is 4.78. The molecule has 2 saturated heterocycles. The summed E-state index contributed by atoms with van der Waals surface area (Å²) in [5, 5.41) is 3.58. The molecule has 2 heterocycles. The van der Waals surface area contributed by atoms with Crippen molar-refractivity contribution in [2.75, 3.05) is 52.9 Å². The van der Waals surface area contributed by atoms with E-state index in [1.54, 1.807) is 0 Å². The molecular weight excluding hydrogens is 222 g/mol. The lowest BCUT2D eigenvalue weighted by Gasteiger charge is -2.36. The molecule has 1 N–H and O–H groups in total. The van der Waals surface area contributed by atoms with Gasteiger partial charge in [0.2, 0.25) is 0 Å². The number of nitrogens with one attached hydrogen (secondary N) is 1. The molecule has 2 aliphatic heterocycles. The lowest BCUT2D eigenvalue weighted by molar-refractivity contribution is 0.127. The summed E-state index contributed by atoms with van der Waals surface area (Å²) < 4.78 is 0. The van der Waals surface area contributed by atoms with Crippen LogP contribution in [0.3, 0.4) is 0 Å². The van der Waals surface area contributed by atoms with E-state index in [4.69, 9.17) is 0 Å². The molecule has 0 aliphatic carbocycles. The molecule has 0 saturated carbocycles. The van der Waals surface area contributed by atoms with Crippen LogP contribution in [0.5, 0.6) is 0 Å². The van der Waals surface area contributed by atoms with E-state index in [9.17, 15) is 0 Å². The lowest BCUT2D eigenvalue weighted by Crippen LogP contribution is -2.45. The van der Waals surface area contributed by atoms with Gasteiger partial charge in [0.15, 0.2) is 0 Å². The monoisotopic (exact) mass is 253 g/mol. The van der Waals surface area contributed by atoms with Gasteiger partial charge in [-0.15, -0.1) is 0 Å². The summed E-state index contributed by atoms with van der Waals surface area (Å²) in [4.78, 5) is 5.21. The molecule has 2 unspecified atom stereocenters. The summed E-state index contributed by atoms with van der Waals surface area (Å²) >= 11 is 0. The molecular formula is C15H31N3. The first-order chi connectivity index (χ1) is 8.63. The Morgan fingerprint density at radius 2 is 1.56 bits per heavy atom. The Labute approximate surface area is 113 Å². The number of likely N-dealkylation sites (tertiary alicyclic amines) is 1. The van der Waals surface area contributed by atoms with Crippen LogP contribution in [0.15, 0.2) is 0 Å². The Bertz CT molecular complexity index is 224. The van der Waals surface area contributed by atoms with Gasteiger partial charge in [-0.1, -0.05) is 13.8 Å². The van der Waals surface area contributed by atoms with Gasteiger partial charge in [-0.05, 0) is 63.8 Å². The van der Waals surface area contributed by atoms with Gasteiger partial charge < -0.3 is 15.1 Å². The van der Waals surface area contributed by atoms with Crippen molar-refractivity contribution in [2.24, 2.45) is 17.8 Å². The molecule has 2 atom stereocenters. The average molecular weight is 253 g/mol. The van der Waals surface area contributed by atoms with Gasteiger partial charge in [0, 0.05) is 19.6 Å². The fourth-order valence-corrected chi connectivity index (χ4v) is 3.42. The van der Waals surface area contributed by atoms with E-state index >= 15 is 0 Å². The SMILES string of the molecule is CC1CNCC(C)CN(CC2CCN(C)CC2)C1. The number of hydrogen-bond acceptors (Lipinski definition) is 3. The molecule has 0 spiro atoms. The summed E-state index contributed by atoms with van der Waals surface area (Å²) in [6, 6.07) is 0. The first-order valence-corrected chi connectivity index (χ1v) is 7.75. The topological polar surface area (TPSA) is 18.5 Å². The van der Waals surface area contributed by atoms with Gasteiger partial charge in [0.25, 0.3) is 0 Å². The van der Waals surface area contributed by atoms with Gasteiger partial charge in [0.05, 0.1) is 0 Å². The first kappa shape index (κ1) is 14.3. The van der Waals surface area contributed by atoms with E-state index in [-0.39, 0.29) is 0 Å². The zero-order valence-electron chi connectivity index (χ0n) is 12.5. The second-order valence-electron chi connectivity index (χ2n) is 6.83. The maximum Gasteiger partial charge on any atom is 0.00194 e. The van der Waals surface area contributed by atoms with Crippen LogP contribution in [0.2, 0.25) is 0 Å². The Kier molecular flexibility index (Phi) is 5.46. The van der Waals surface area contributed by atoms with Crippen LogP contribution in [0, 0.1) is 17.8 Å². The molecule has 3 nitrogen and oxygen atoms in total. The normalized spacial score (nSPS) is 34.2. The third-order valence-electron chi connectivity index (χ3n) is 4.48. The van der Waals surface area contributed by atoms with Crippen molar-refractivity contribution in [3.63, 3.8) is 0 Å². The number of rotatable bonds is 2. The summed E-state index contributed by atoms with van der Waals surface area (Å²) in [6.07, 6.45) is 2.79. The van der Waals surface area contributed by atoms with E-state index in [1.807, 2.05) is 0 Å². The Hall–Kier alpha value is -0.120. The van der Waals surface area contributed by atoms with Crippen LogP contribution in [-0.2, 0) is 0 Å². The molecule has 0 radical (unpaired) electrons. The van der Waals surface area contributed by atoms with E-state index in [1.165, 1.54) is 58.7 Å². The van der Waals surface area contributed by atoms with E-state index in [0.717, 1.165) is 17.8 Å². The smallest absolute Gasteiger partial charge is 0.00194 e. The van der Waals surface area contributed by atoms with Crippen LogP contribution in [0.1, 0.15) is 26.7 Å². The molecule has 106 valence electrons. The van der Waals surface area contributed by atoms with Crippen LogP contribution in [0.25, 0.3) is 0 Å². The van der Waals surface area contributed by atoms with E-state index < -0.39 is 0 Å². The van der Waals surface area contributed by atoms with Gasteiger partial charge in [-0.25, -0.2) is 0 Å². The van der Waals surface area contributed by atoms with Gasteiger partial charge >= 0.3 is 0 Å². The molecule has 0 amide bonds. The molecule has 2 fully saturated rings. The van der Waals surface area contributed by atoms with Crippen LogP contribution in [0.4, 0.5) is 0 Å². The van der Waals surface area contributed by atoms with Crippen molar-refractivity contribution < 1.29 is 0 Å². The fourth-order valence-electron chi connectivity index (χ4n) is 3.42. The maximum atomic E-state index is 3.58. The van der Waals surface area contributed by atoms with Crippen molar-refractivity contribution >= 4 is 0 Å². The van der Waals surface area contributed by atoms with E-state index in [0.29, 0.717) is 0 Å². The summed E-state index contributed by atoms with van der Waals surface area (Å²) in [5.41, 5.74) is 0. The fraction of sp³-hybridized carbons (Fsp3) is 1.00. The Morgan fingerprint density at radius 3 is 2.11 bits per heavy atom. The predicted molar refractivity (Wildman–Crippen MR) is 77.9 cm³/mol. The van der Waals surface area contributed by atoms with Gasteiger partial charge in [0.1, 0.15) is 0 Å². The van der Waals surface area contributed by atoms with Crippen molar-refractivity contribution in [3.05, 3.63) is 0 Å². The van der Waals surface area contributed by atoms with Crippen molar-refractivity contribution in [1.29, 1.82) is 0 Å². The third-order valence-corrected chi connectivity index (χ3v) is 4.48. The minimum Gasteiger partial charge on any atom is -0.316 e. The standard InChI is InChI=1S/C15H31N3/c1-13-8-16-9-14(2)11-18(10-13)12-15-4-6-17(3)7-5-15/h13-16H,4-12H2,1-3H3. The number of hydrogen-bond donors (Lipinski definition) is 1. The highest BCUT2D eigenvalue weighted by Crippen LogP contribution is 2.19.